The van der Waals surface area contributed by atoms with E-state index in [-0.39, 0.29) is 17.5 Å². The highest BCUT2D eigenvalue weighted by Gasteiger charge is 2.07. The molecule has 0 saturated heterocycles. The summed E-state index contributed by atoms with van der Waals surface area (Å²) in [4.78, 5) is 10.4. The van der Waals surface area contributed by atoms with E-state index in [0.29, 0.717) is 13.1 Å². The summed E-state index contributed by atoms with van der Waals surface area (Å²) in [6.07, 6.45) is 0. The average Bonchev–Trinajstić information content (AvgIpc) is 2.22. The fourth-order valence-electron chi connectivity index (χ4n) is 1.46. The lowest BCUT2D eigenvalue weighted by Crippen LogP contribution is -2.35. The molecule has 0 saturated carbocycles. The largest absolute Gasteiger partial charge is 0.508 e. The first-order chi connectivity index (χ1) is 7.99. The van der Waals surface area contributed by atoms with E-state index in [2.05, 4.69) is 10.6 Å². The summed E-state index contributed by atoms with van der Waals surface area (Å²) in [6, 6.07) is 3.79. The molecule has 0 fully saturated rings. The van der Waals surface area contributed by atoms with E-state index in [9.17, 15) is 15.0 Å². The Morgan fingerprint density at radius 2 is 1.88 bits per heavy atom. The van der Waals surface area contributed by atoms with Crippen molar-refractivity contribution in [1.82, 2.24) is 10.6 Å². The molecule has 0 bridgehead atoms. The van der Waals surface area contributed by atoms with Gasteiger partial charge in [0.05, 0.1) is 0 Å². The Morgan fingerprint density at radius 3 is 2.41 bits per heavy atom. The molecule has 1 aromatic carbocycles. The van der Waals surface area contributed by atoms with Crippen LogP contribution in [0.4, 0.5) is 4.79 Å². The van der Waals surface area contributed by atoms with Crippen molar-refractivity contribution in [3.8, 4) is 11.5 Å². The Kier molecular flexibility index (Phi) is 4.59. The molecule has 0 aliphatic rings. The fourth-order valence-corrected chi connectivity index (χ4v) is 1.46. The van der Waals surface area contributed by atoms with Crippen LogP contribution in [-0.4, -0.2) is 29.3 Å². The standard InChI is InChI=1S/C11H17N3O3/c1-7(13-2-3-14-11(12)17)8-4-9(15)6-10(16)5-8/h4-7,13,15-16H,2-3H2,1H3,(H3,12,14,17). The molecule has 0 aliphatic carbocycles. The number of hydrogen-bond donors (Lipinski definition) is 5. The average molecular weight is 239 g/mol. The van der Waals surface area contributed by atoms with Crippen molar-refractivity contribution in [2.24, 2.45) is 5.73 Å². The topological polar surface area (TPSA) is 108 Å². The van der Waals surface area contributed by atoms with Gasteiger partial charge in [0.2, 0.25) is 0 Å². The second kappa shape index (κ2) is 5.95. The summed E-state index contributed by atoms with van der Waals surface area (Å²) in [5, 5.41) is 24.2. The summed E-state index contributed by atoms with van der Waals surface area (Å²) in [6.45, 7) is 2.85. The third-order valence-corrected chi connectivity index (χ3v) is 2.30. The first-order valence-corrected chi connectivity index (χ1v) is 5.28. The van der Waals surface area contributed by atoms with Crippen LogP contribution in [0.1, 0.15) is 18.5 Å². The minimum Gasteiger partial charge on any atom is -0.508 e. The number of phenolic OH excluding ortho intramolecular Hbond substituents is 2. The predicted octanol–water partition coefficient (Wildman–Crippen LogP) is 0.417. The Bertz CT molecular complexity index is 375. The number of primary amides is 1. The zero-order valence-electron chi connectivity index (χ0n) is 9.60. The predicted molar refractivity (Wildman–Crippen MR) is 63.8 cm³/mol. The van der Waals surface area contributed by atoms with Crippen molar-refractivity contribution in [3.05, 3.63) is 23.8 Å². The second-order valence-corrected chi connectivity index (χ2v) is 3.75. The van der Waals surface area contributed by atoms with Crippen molar-refractivity contribution < 1.29 is 15.0 Å². The molecule has 6 heteroatoms. The van der Waals surface area contributed by atoms with E-state index in [1.165, 1.54) is 6.07 Å². The number of rotatable bonds is 5. The van der Waals surface area contributed by atoms with Gasteiger partial charge in [-0.05, 0) is 24.6 Å². The smallest absolute Gasteiger partial charge is 0.312 e. The van der Waals surface area contributed by atoms with E-state index >= 15 is 0 Å². The van der Waals surface area contributed by atoms with E-state index in [1.807, 2.05) is 6.92 Å². The normalized spacial score (nSPS) is 12.1. The lowest BCUT2D eigenvalue weighted by molar-refractivity contribution is 0.249. The van der Waals surface area contributed by atoms with Crippen LogP contribution >= 0.6 is 0 Å². The minimum absolute atomic E-state index is 0.0175. The number of aromatic hydroxyl groups is 2. The molecular formula is C11H17N3O3. The quantitative estimate of drug-likeness (QED) is 0.480. The van der Waals surface area contributed by atoms with Crippen LogP contribution in [0.3, 0.4) is 0 Å². The fraction of sp³-hybridized carbons (Fsp3) is 0.364. The van der Waals surface area contributed by atoms with Crippen LogP contribution < -0.4 is 16.4 Å². The summed E-state index contributed by atoms with van der Waals surface area (Å²) >= 11 is 0. The molecule has 1 unspecified atom stereocenters. The molecular weight excluding hydrogens is 222 g/mol. The van der Waals surface area contributed by atoms with E-state index in [0.717, 1.165) is 5.56 Å². The third kappa shape index (κ3) is 4.60. The molecule has 94 valence electrons. The van der Waals surface area contributed by atoms with E-state index < -0.39 is 6.03 Å². The molecule has 0 aromatic heterocycles. The molecule has 0 aliphatic heterocycles. The molecule has 1 rings (SSSR count). The van der Waals surface area contributed by atoms with Crippen LogP contribution in [-0.2, 0) is 0 Å². The van der Waals surface area contributed by atoms with Gasteiger partial charge in [0.25, 0.3) is 0 Å². The van der Waals surface area contributed by atoms with Gasteiger partial charge in [-0.25, -0.2) is 4.79 Å². The Balaban J connectivity index is 2.46. The third-order valence-electron chi connectivity index (χ3n) is 2.30. The van der Waals surface area contributed by atoms with Crippen LogP contribution in [0.2, 0.25) is 0 Å². The summed E-state index contributed by atoms with van der Waals surface area (Å²) in [7, 11) is 0. The number of carbonyl (C=O) groups excluding carboxylic acids is 1. The number of urea groups is 1. The maximum Gasteiger partial charge on any atom is 0.312 e. The molecule has 6 nitrogen and oxygen atoms in total. The lowest BCUT2D eigenvalue weighted by atomic mass is 10.1. The zero-order chi connectivity index (χ0) is 12.8. The number of nitrogens with one attached hydrogen (secondary N) is 2. The van der Waals surface area contributed by atoms with Gasteiger partial charge in [0.15, 0.2) is 0 Å². The summed E-state index contributed by atoms with van der Waals surface area (Å²) < 4.78 is 0. The number of carbonyl (C=O) groups is 1. The van der Waals surface area contributed by atoms with Crippen LogP contribution in [0.5, 0.6) is 11.5 Å². The molecule has 0 radical (unpaired) electrons. The number of phenols is 2. The van der Waals surface area contributed by atoms with Crippen LogP contribution in [0.15, 0.2) is 18.2 Å². The van der Waals surface area contributed by atoms with Gasteiger partial charge < -0.3 is 26.6 Å². The van der Waals surface area contributed by atoms with Crippen molar-refractivity contribution in [1.29, 1.82) is 0 Å². The highest BCUT2D eigenvalue weighted by atomic mass is 16.3. The SMILES string of the molecule is CC(NCCNC(N)=O)c1cc(O)cc(O)c1. The number of nitrogens with two attached hydrogens (primary N) is 1. The van der Waals surface area contributed by atoms with Gasteiger partial charge in [-0.1, -0.05) is 0 Å². The molecule has 1 atom stereocenters. The van der Waals surface area contributed by atoms with Crippen molar-refractivity contribution in [2.45, 2.75) is 13.0 Å². The summed E-state index contributed by atoms with van der Waals surface area (Å²) in [5.74, 6) is 0.0350. The zero-order valence-corrected chi connectivity index (χ0v) is 9.60. The lowest BCUT2D eigenvalue weighted by Gasteiger charge is -2.14. The Labute approximate surface area is 99.4 Å². The van der Waals surface area contributed by atoms with Gasteiger partial charge in [-0.2, -0.15) is 0 Å². The molecule has 17 heavy (non-hydrogen) atoms. The molecule has 6 N–H and O–H groups in total. The van der Waals surface area contributed by atoms with Gasteiger partial charge in [-0.15, -0.1) is 0 Å². The number of amides is 2. The van der Waals surface area contributed by atoms with E-state index in [4.69, 9.17) is 5.73 Å². The molecule has 0 heterocycles. The first-order valence-electron chi connectivity index (χ1n) is 5.28. The maximum atomic E-state index is 10.4. The number of benzene rings is 1. The van der Waals surface area contributed by atoms with Crippen molar-refractivity contribution in [2.75, 3.05) is 13.1 Å². The summed E-state index contributed by atoms with van der Waals surface area (Å²) in [5.41, 5.74) is 5.68. The second-order valence-electron chi connectivity index (χ2n) is 3.75. The van der Waals surface area contributed by atoms with Gasteiger partial charge in [-0.3, -0.25) is 0 Å². The van der Waals surface area contributed by atoms with Crippen molar-refractivity contribution >= 4 is 6.03 Å². The molecule has 1 aromatic rings. The van der Waals surface area contributed by atoms with Gasteiger partial charge in [0, 0.05) is 25.2 Å². The minimum atomic E-state index is -0.561. The van der Waals surface area contributed by atoms with Crippen LogP contribution in [0, 0.1) is 0 Å². The Hall–Kier alpha value is -1.95. The first kappa shape index (κ1) is 13.1. The highest BCUT2D eigenvalue weighted by Crippen LogP contribution is 2.24. The molecule has 2 amide bonds. The van der Waals surface area contributed by atoms with E-state index in [1.54, 1.807) is 12.1 Å². The highest BCUT2D eigenvalue weighted by molar-refractivity contribution is 5.71. The van der Waals surface area contributed by atoms with Crippen LogP contribution in [0.25, 0.3) is 0 Å². The Morgan fingerprint density at radius 1 is 1.29 bits per heavy atom. The number of hydrogen-bond acceptors (Lipinski definition) is 4. The molecule has 0 spiro atoms. The van der Waals surface area contributed by atoms with Gasteiger partial charge >= 0.3 is 6.03 Å². The monoisotopic (exact) mass is 239 g/mol. The maximum absolute atomic E-state index is 10.4. The van der Waals surface area contributed by atoms with Crippen molar-refractivity contribution in [3.63, 3.8) is 0 Å². The van der Waals surface area contributed by atoms with Gasteiger partial charge in [0.1, 0.15) is 11.5 Å².